The van der Waals surface area contributed by atoms with Gasteiger partial charge in [-0.15, -0.1) is 0 Å². The molecule has 0 saturated carbocycles. The summed E-state index contributed by atoms with van der Waals surface area (Å²) in [4.78, 5) is 0. The molecule has 0 aliphatic carbocycles. The Labute approximate surface area is 122 Å². The van der Waals surface area contributed by atoms with E-state index in [4.69, 9.17) is 14.2 Å². The molecule has 0 amide bonds. The first-order chi connectivity index (χ1) is 9.81. The van der Waals surface area contributed by atoms with Gasteiger partial charge in [0.2, 0.25) is 0 Å². The van der Waals surface area contributed by atoms with Crippen molar-refractivity contribution in [3.8, 4) is 5.75 Å². The lowest BCUT2D eigenvalue weighted by Gasteiger charge is -2.19. The average Bonchev–Trinajstić information content (AvgIpc) is 2.50. The van der Waals surface area contributed by atoms with Gasteiger partial charge in [0.15, 0.2) is 0 Å². The minimum absolute atomic E-state index is 0.211. The first kappa shape index (κ1) is 17.0. The molecule has 4 heteroatoms. The minimum atomic E-state index is 0.211. The lowest BCUT2D eigenvalue weighted by molar-refractivity contribution is 0.0433. The van der Waals surface area contributed by atoms with Gasteiger partial charge in [-0.3, -0.25) is 0 Å². The van der Waals surface area contributed by atoms with Crippen molar-refractivity contribution in [2.45, 2.75) is 26.3 Å². The molecule has 1 aromatic carbocycles. The Hall–Kier alpha value is -1.10. The monoisotopic (exact) mass is 281 g/mol. The molecule has 0 radical (unpaired) electrons. The molecule has 0 aliphatic rings. The summed E-state index contributed by atoms with van der Waals surface area (Å²) in [5.74, 6) is 0.875. The molecule has 0 bridgehead atoms. The number of ether oxygens (including phenoxy) is 3. The van der Waals surface area contributed by atoms with Crippen LogP contribution in [0.15, 0.2) is 24.3 Å². The molecule has 1 aromatic rings. The van der Waals surface area contributed by atoms with E-state index in [1.807, 2.05) is 19.1 Å². The van der Waals surface area contributed by atoms with Crippen molar-refractivity contribution >= 4 is 0 Å². The number of rotatable bonds is 11. The van der Waals surface area contributed by atoms with Gasteiger partial charge in [-0.25, -0.2) is 0 Å². The Bertz CT molecular complexity index is 340. The Morgan fingerprint density at radius 1 is 1.05 bits per heavy atom. The maximum atomic E-state index is 5.69. The molecule has 20 heavy (non-hydrogen) atoms. The second-order valence-electron chi connectivity index (χ2n) is 4.55. The van der Waals surface area contributed by atoms with Gasteiger partial charge in [-0.2, -0.15) is 0 Å². The number of benzene rings is 1. The van der Waals surface area contributed by atoms with Crippen LogP contribution in [0.25, 0.3) is 0 Å². The van der Waals surface area contributed by atoms with Gasteiger partial charge in [0.25, 0.3) is 0 Å². The van der Waals surface area contributed by atoms with E-state index in [9.17, 15) is 0 Å². The van der Waals surface area contributed by atoms with Crippen LogP contribution in [0, 0.1) is 0 Å². The molecule has 1 unspecified atom stereocenters. The Balaban J connectivity index is 2.48. The second-order valence-corrected chi connectivity index (χ2v) is 4.55. The predicted octanol–water partition coefficient (Wildman–Crippen LogP) is 2.79. The molecule has 0 spiro atoms. The van der Waals surface area contributed by atoms with Crippen molar-refractivity contribution in [1.29, 1.82) is 0 Å². The summed E-state index contributed by atoms with van der Waals surface area (Å²) < 4.78 is 16.1. The molecule has 0 heterocycles. The van der Waals surface area contributed by atoms with E-state index in [1.165, 1.54) is 5.56 Å². The molecule has 1 rings (SSSR count). The Kier molecular flexibility index (Phi) is 9.04. The van der Waals surface area contributed by atoms with Crippen LogP contribution in [0.4, 0.5) is 0 Å². The van der Waals surface area contributed by atoms with Crippen molar-refractivity contribution < 1.29 is 14.2 Å². The van der Waals surface area contributed by atoms with Crippen molar-refractivity contribution in [2.24, 2.45) is 0 Å². The SMILES string of the molecule is CCCNC(COCCOCC)c1ccc(OC)cc1. The topological polar surface area (TPSA) is 39.7 Å². The molecule has 1 atom stereocenters. The third-order valence-electron chi connectivity index (χ3n) is 3.02. The summed E-state index contributed by atoms with van der Waals surface area (Å²) in [7, 11) is 1.68. The maximum absolute atomic E-state index is 5.69. The number of hydrogen-bond acceptors (Lipinski definition) is 4. The van der Waals surface area contributed by atoms with E-state index in [1.54, 1.807) is 7.11 Å². The fourth-order valence-electron chi connectivity index (χ4n) is 1.89. The Morgan fingerprint density at radius 3 is 2.35 bits per heavy atom. The van der Waals surface area contributed by atoms with Crippen LogP contribution in [-0.4, -0.2) is 40.1 Å². The summed E-state index contributed by atoms with van der Waals surface area (Å²) in [6.45, 7) is 7.80. The normalized spacial score (nSPS) is 12.3. The molecule has 4 nitrogen and oxygen atoms in total. The van der Waals surface area contributed by atoms with E-state index in [0.717, 1.165) is 25.3 Å². The van der Waals surface area contributed by atoms with Crippen LogP contribution in [0.1, 0.15) is 31.9 Å². The molecule has 0 aromatic heterocycles. The average molecular weight is 281 g/mol. The van der Waals surface area contributed by atoms with Gasteiger partial charge in [-0.1, -0.05) is 19.1 Å². The summed E-state index contributed by atoms with van der Waals surface area (Å²) in [6, 6.07) is 8.34. The highest BCUT2D eigenvalue weighted by Gasteiger charge is 2.10. The van der Waals surface area contributed by atoms with Gasteiger partial charge in [0, 0.05) is 6.61 Å². The van der Waals surface area contributed by atoms with Crippen molar-refractivity contribution in [1.82, 2.24) is 5.32 Å². The predicted molar refractivity (Wildman–Crippen MR) is 81.3 cm³/mol. The molecular formula is C16H27NO3. The first-order valence-corrected chi connectivity index (χ1v) is 7.34. The maximum Gasteiger partial charge on any atom is 0.118 e. The second kappa shape index (κ2) is 10.7. The smallest absolute Gasteiger partial charge is 0.118 e. The molecular weight excluding hydrogens is 254 g/mol. The number of hydrogen-bond donors (Lipinski definition) is 1. The van der Waals surface area contributed by atoms with Crippen molar-refractivity contribution in [3.63, 3.8) is 0 Å². The zero-order chi connectivity index (χ0) is 14.6. The van der Waals surface area contributed by atoms with Crippen LogP contribution in [0.2, 0.25) is 0 Å². The van der Waals surface area contributed by atoms with Crippen molar-refractivity contribution in [2.75, 3.05) is 40.1 Å². The van der Waals surface area contributed by atoms with E-state index in [-0.39, 0.29) is 6.04 Å². The van der Waals surface area contributed by atoms with Gasteiger partial charge >= 0.3 is 0 Å². The highest BCUT2D eigenvalue weighted by atomic mass is 16.5. The summed E-state index contributed by atoms with van der Waals surface area (Å²) in [5.41, 5.74) is 1.22. The molecule has 0 aliphatic heterocycles. The minimum Gasteiger partial charge on any atom is -0.497 e. The van der Waals surface area contributed by atoms with Crippen molar-refractivity contribution in [3.05, 3.63) is 29.8 Å². The van der Waals surface area contributed by atoms with E-state index in [2.05, 4.69) is 24.4 Å². The summed E-state index contributed by atoms with van der Waals surface area (Å²) >= 11 is 0. The van der Waals surface area contributed by atoms with Gasteiger partial charge < -0.3 is 19.5 Å². The van der Waals surface area contributed by atoms with Crippen LogP contribution < -0.4 is 10.1 Å². The standard InChI is InChI=1S/C16H27NO3/c1-4-10-17-16(13-20-12-11-19-5-2)14-6-8-15(18-3)9-7-14/h6-9,16-17H,4-5,10-13H2,1-3H3. The van der Waals surface area contributed by atoms with Gasteiger partial charge in [-0.05, 0) is 37.6 Å². The van der Waals surface area contributed by atoms with Crippen LogP contribution >= 0.6 is 0 Å². The third kappa shape index (κ3) is 6.37. The number of nitrogens with one attached hydrogen (secondary N) is 1. The third-order valence-corrected chi connectivity index (χ3v) is 3.02. The quantitative estimate of drug-likeness (QED) is 0.633. The molecule has 1 N–H and O–H groups in total. The van der Waals surface area contributed by atoms with Crippen LogP contribution in [-0.2, 0) is 9.47 Å². The summed E-state index contributed by atoms with van der Waals surface area (Å²) in [5, 5.41) is 3.51. The lowest BCUT2D eigenvalue weighted by atomic mass is 10.1. The summed E-state index contributed by atoms with van der Waals surface area (Å²) in [6.07, 6.45) is 1.10. The fraction of sp³-hybridized carbons (Fsp3) is 0.625. The molecule has 0 fully saturated rings. The molecule has 114 valence electrons. The van der Waals surface area contributed by atoms with Crippen LogP contribution in [0.3, 0.4) is 0 Å². The van der Waals surface area contributed by atoms with E-state index in [0.29, 0.717) is 19.8 Å². The Morgan fingerprint density at radius 2 is 1.75 bits per heavy atom. The zero-order valence-corrected chi connectivity index (χ0v) is 12.9. The highest BCUT2D eigenvalue weighted by Crippen LogP contribution is 2.18. The lowest BCUT2D eigenvalue weighted by Crippen LogP contribution is -2.27. The highest BCUT2D eigenvalue weighted by molar-refractivity contribution is 5.29. The van der Waals surface area contributed by atoms with Gasteiger partial charge in [0.1, 0.15) is 5.75 Å². The van der Waals surface area contributed by atoms with E-state index < -0.39 is 0 Å². The number of methoxy groups -OCH3 is 1. The van der Waals surface area contributed by atoms with Gasteiger partial charge in [0.05, 0.1) is 33.0 Å². The zero-order valence-electron chi connectivity index (χ0n) is 12.9. The largest absolute Gasteiger partial charge is 0.497 e. The molecule has 0 saturated heterocycles. The van der Waals surface area contributed by atoms with Crippen LogP contribution in [0.5, 0.6) is 5.75 Å². The first-order valence-electron chi connectivity index (χ1n) is 7.34. The van der Waals surface area contributed by atoms with E-state index >= 15 is 0 Å². The fourth-order valence-corrected chi connectivity index (χ4v) is 1.89.